The molecule has 1 saturated heterocycles. The van der Waals surface area contributed by atoms with Gasteiger partial charge in [0.1, 0.15) is 0 Å². The summed E-state index contributed by atoms with van der Waals surface area (Å²) < 4.78 is 2.35. The monoisotopic (exact) mass is 481 g/mol. The third kappa shape index (κ3) is 5.74. The van der Waals surface area contributed by atoms with Crippen molar-refractivity contribution < 1.29 is 9.72 Å². The third-order valence-electron chi connectivity index (χ3n) is 5.61. The number of carbonyl (C=O) groups excluding carboxylic acids is 1. The number of anilines is 1. The summed E-state index contributed by atoms with van der Waals surface area (Å²) in [4.78, 5) is 25.1. The molecule has 6 nitrogen and oxygen atoms in total. The number of benzene rings is 3. The molecule has 0 aromatic heterocycles. The Morgan fingerprint density at radius 2 is 1.73 bits per heavy atom. The molecule has 0 bridgehead atoms. The van der Waals surface area contributed by atoms with Crippen molar-refractivity contribution in [2.24, 2.45) is 0 Å². The van der Waals surface area contributed by atoms with Crippen molar-refractivity contribution in [3.63, 3.8) is 0 Å². The van der Waals surface area contributed by atoms with Gasteiger partial charge in [0.2, 0.25) is 0 Å². The second-order valence-electron chi connectivity index (χ2n) is 8.01. The number of nitro benzene ring substituents is 1. The van der Waals surface area contributed by atoms with Gasteiger partial charge in [0.25, 0.3) is 11.6 Å². The second-order valence-corrected chi connectivity index (χ2v) is 9.61. The highest BCUT2D eigenvalue weighted by molar-refractivity contribution is 7.97. The predicted molar refractivity (Wildman–Crippen MR) is 134 cm³/mol. The van der Waals surface area contributed by atoms with E-state index in [1.165, 1.54) is 25.3 Å². The average molecular weight is 482 g/mol. The molecule has 1 aliphatic rings. The van der Waals surface area contributed by atoms with E-state index in [-0.39, 0.29) is 11.6 Å². The van der Waals surface area contributed by atoms with E-state index in [0.717, 1.165) is 29.1 Å². The fourth-order valence-corrected chi connectivity index (χ4v) is 5.01. The van der Waals surface area contributed by atoms with Crippen LogP contribution in [0.5, 0.6) is 0 Å². The lowest BCUT2D eigenvalue weighted by atomic mass is 9.98. The van der Waals surface area contributed by atoms with Crippen LogP contribution in [0.3, 0.4) is 0 Å². The molecule has 8 heteroatoms. The zero-order valence-corrected chi connectivity index (χ0v) is 19.8. The number of carbonyl (C=O) groups is 1. The maximum atomic E-state index is 12.5. The SMILES string of the molecule is Cc1ccc(SN2CCCCC2)cc1-c1ccc(NC(=O)c2ccc(Cl)cc2)cc1[N+](=O)[O-]. The van der Waals surface area contributed by atoms with Gasteiger partial charge in [-0.25, -0.2) is 4.31 Å². The van der Waals surface area contributed by atoms with Gasteiger partial charge in [0.05, 0.1) is 10.5 Å². The number of piperidine rings is 1. The summed E-state index contributed by atoms with van der Waals surface area (Å²) in [7, 11) is 0. The quantitative estimate of drug-likeness (QED) is 0.234. The van der Waals surface area contributed by atoms with E-state index in [9.17, 15) is 14.9 Å². The first kappa shape index (κ1) is 23.3. The van der Waals surface area contributed by atoms with Gasteiger partial charge in [-0.1, -0.05) is 24.1 Å². The van der Waals surface area contributed by atoms with Crippen molar-refractivity contribution in [1.82, 2.24) is 4.31 Å². The number of hydrogen-bond donors (Lipinski definition) is 1. The number of amides is 1. The molecule has 33 heavy (non-hydrogen) atoms. The van der Waals surface area contributed by atoms with Crippen LogP contribution < -0.4 is 5.32 Å². The van der Waals surface area contributed by atoms with E-state index in [4.69, 9.17) is 11.6 Å². The molecule has 0 atom stereocenters. The number of halogens is 1. The lowest BCUT2D eigenvalue weighted by Crippen LogP contribution is -2.22. The molecule has 1 heterocycles. The first-order chi connectivity index (χ1) is 15.9. The molecule has 1 fully saturated rings. The fourth-order valence-electron chi connectivity index (χ4n) is 3.85. The van der Waals surface area contributed by atoms with Crippen LogP contribution in [0.4, 0.5) is 11.4 Å². The van der Waals surface area contributed by atoms with Crippen LogP contribution in [0, 0.1) is 17.0 Å². The number of nitrogens with zero attached hydrogens (tertiary/aromatic N) is 2. The molecule has 3 aromatic carbocycles. The van der Waals surface area contributed by atoms with Crippen LogP contribution in [0.25, 0.3) is 11.1 Å². The molecular weight excluding hydrogens is 458 g/mol. The summed E-state index contributed by atoms with van der Waals surface area (Å²) in [5, 5.41) is 15.2. The van der Waals surface area contributed by atoms with E-state index >= 15 is 0 Å². The first-order valence-electron chi connectivity index (χ1n) is 10.8. The standard InChI is InChI=1S/C25H24ClN3O3S/c1-17-5-11-21(33-28-13-3-2-4-14-28)16-23(17)22-12-10-20(15-24(22)29(31)32)27-25(30)18-6-8-19(26)9-7-18/h5-12,15-16H,2-4,13-14H2,1H3,(H,27,30). The van der Waals surface area contributed by atoms with Gasteiger partial charge < -0.3 is 5.32 Å². The molecule has 0 saturated carbocycles. The summed E-state index contributed by atoms with van der Waals surface area (Å²) in [5.41, 5.74) is 3.04. The zero-order valence-electron chi connectivity index (χ0n) is 18.2. The van der Waals surface area contributed by atoms with Gasteiger partial charge in [-0.15, -0.1) is 0 Å². The lowest BCUT2D eigenvalue weighted by molar-refractivity contribution is -0.384. The van der Waals surface area contributed by atoms with Crippen LogP contribution in [0.15, 0.2) is 65.6 Å². The van der Waals surface area contributed by atoms with Crippen LogP contribution in [0.1, 0.15) is 35.2 Å². The summed E-state index contributed by atoms with van der Waals surface area (Å²) in [5.74, 6) is -0.357. The summed E-state index contributed by atoms with van der Waals surface area (Å²) in [6.45, 7) is 4.05. The van der Waals surface area contributed by atoms with E-state index in [1.54, 1.807) is 48.3 Å². The van der Waals surface area contributed by atoms with E-state index < -0.39 is 4.92 Å². The predicted octanol–water partition coefficient (Wildman–Crippen LogP) is 6.97. The highest BCUT2D eigenvalue weighted by Crippen LogP contribution is 2.37. The zero-order chi connectivity index (χ0) is 23.4. The second kappa shape index (κ2) is 10.4. The largest absolute Gasteiger partial charge is 0.322 e. The molecule has 0 radical (unpaired) electrons. The summed E-state index contributed by atoms with van der Waals surface area (Å²) >= 11 is 7.58. The molecule has 1 N–H and O–H groups in total. The molecular formula is C25H24ClN3O3S. The first-order valence-corrected chi connectivity index (χ1v) is 11.9. The van der Waals surface area contributed by atoms with Crippen molar-refractivity contribution in [3.05, 3.63) is 86.9 Å². The Bertz CT molecular complexity index is 1180. The molecule has 1 aliphatic heterocycles. The van der Waals surface area contributed by atoms with Crippen molar-refractivity contribution in [2.45, 2.75) is 31.1 Å². The Morgan fingerprint density at radius 1 is 1.00 bits per heavy atom. The van der Waals surface area contributed by atoms with Crippen molar-refractivity contribution in [3.8, 4) is 11.1 Å². The lowest BCUT2D eigenvalue weighted by Gasteiger charge is -2.25. The van der Waals surface area contributed by atoms with Gasteiger partial charge in [0, 0.05) is 40.3 Å². The minimum absolute atomic E-state index is 0.0490. The van der Waals surface area contributed by atoms with Crippen molar-refractivity contribution >= 4 is 40.8 Å². The Morgan fingerprint density at radius 3 is 2.42 bits per heavy atom. The summed E-state index contributed by atoms with van der Waals surface area (Å²) in [6.07, 6.45) is 3.66. The third-order valence-corrected chi connectivity index (χ3v) is 6.95. The van der Waals surface area contributed by atoms with E-state index in [1.807, 2.05) is 19.1 Å². The van der Waals surface area contributed by atoms with Gasteiger partial charge >= 0.3 is 0 Å². The Labute approximate surface area is 202 Å². The normalized spacial score (nSPS) is 14.1. The fraction of sp³-hybridized carbons (Fsp3) is 0.240. The van der Waals surface area contributed by atoms with Crippen molar-refractivity contribution in [2.75, 3.05) is 18.4 Å². The molecule has 0 aliphatic carbocycles. The number of nitro groups is 1. The minimum atomic E-state index is -0.406. The Hall–Kier alpha value is -2.87. The van der Waals surface area contributed by atoms with Crippen LogP contribution >= 0.6 is 23.5 Å². The summed E-state index contributed by atoms with van der Waals surface area (Å²) in [6, 6.07) is 17.3. The van der Waals surface area contributed by atoms with E-state index in [0.29, 0.717) is 21.8 Å². The molecule has 4 rings (SSSR count). The average Bonchev–Trinajstić information content (AvgIpc) is 2.81. The van der Waals surface area contributed by atoms with Gasteiger partial charge in [-0.2, -0.15) is 0 Å². The van der Waals surface area contributed by atoms with Crippen molar-refractivity contribution in [1.29, 1.82) is 0 Å². The van der Waals surface area contributed by atoms with Crippen LogP contribution in [-0.2, 0) is 0 Å². The molecule has 170 valence electrons. The number of rotatable bonds is 6. The topological polar surface area (TPSA) is 75.5 Å². The number of aryl methyl sites for hydroxylation is 1. The molecule has 3 aromatic rings. The maximum absolute atomic E-state index is 12.5. The van der Waals surface area contributed by atoms with Gasteiger partial charge in [0.15, 0.2) is 0 Å². The minimum Gasteiger partial charge on any atom is -0.322 e. The maximum Gasteiger partial charge on any atom is 0.279 e. The smallest absolute Gasteiger partial charge is 0.279 e. The van der Waals surface area contributed by atoms with Crippen LogP contribution in [-0.4, -0.2) is 28.2 Å². The van der Waals surface area contributed by atoms with Gasteiger partial charge in [-0.3, -0.25) is 14.9 Å². The van der Waals surface area contributed by atoms with Crippen LogP contribution in [0.2, 0.25) is 5.02 Å². The van der Waals surface area contributed by atoms with E-state index in [2.05, 4.69) is 15.7 Å². The highest BCUT2D eigenvalue weighted by atomic mass is 35.5. The number of hydrogen-bond acceptors (Lipinski definition) is 5. The molecule has 0 unspecified atom stereocenters. The van der Waals surface area contributed by atoms with Gasteiger partial charge in [-0.05, 0) is 91.4 Å². The Balaban J connectivity index is 1.61. The molecule has 1 amide bonds. The number of nitrogens with one attached hydrogen (secondary N) is 1. The Kier molecular flexibility index (Phi) is 7.33. The highest BCUT2D eigenvalue weighted by Gasteiger charge is 2.20. The molecule has 0 spiro atoms.